The van der Waals surface area contributed by atoms with Crippen LogP contribution >= 0.6 is 0 Å². The lowest BCUT2D eigenvalue weighted by molar-refractivity contribution is -0.143. The van der Waals surface area contributed by atoms with E-state index in [0.29, 0.717) is 6.61 Å². The van der Waals surface area contributed by atoms with Crippen LogP contribution in [-0.4, -0.2) is 36.7 Å². The molecule has 1 aromatic carbocycles. The van der Waals surface area contributed by atoms with E-state index in [1.807, 2.05) is 30.3 Å². The fraction of sp³-hybridized carbons (Fsp3) is 0.294. The van der Waals surface area contributed by atoms with Crippen LogP contribution in [0.2, 0.25) is 0 Å². The number of benzene rings is 1. The van der Waals surface area contributed by atoms with Gasteiger partial charge in [0.1, 0.15) is 24.6 Å². The highest BCUT2D eigenvalue weighted by molar-refractivity contribution is 5.95. The molecule has 0 saturated carbocycles. The number of aliphatic hydroxyl groups is 1. The van der Waals surface area contributed by atoms with E-state index < -0.39 is 12.1 Å². The van der Waals surface area contributed by atoms with Crippen LogP contribution in [0.25, 0.3) is 0 Å². The minimum atomic E-state index is -0.920. The van der Waals surface area contributed by atoms with E-state index in [9.17, 15) is 14.7 Å². The van der Waals surface area contributed by atoms with Crippen molar-refractivity contribution in [2.75, 3.05) is 13.7 Å². The highest BCUT2D eigenvalue weighted by Crippen LogP contribution is 2.07. The average molecular weight is 304 g/mol. The van der Waals surface area contributed by atoms with Gasteiger partial charge < -0.3 is 14.6 Å². The Kier molecular flexibility index (Phi) is 8.30. The predicted molar refractivity (Wildman–Crippen MR) is 82.5 cm³/mol. The standard InChI is InChI=1S/C17H20O5/c1-21-17(20)13-15(19)12-14(18)8-4-3-7-11-22-16-9-5-2-6-10-16/h2-10,14,18H,11-13H2,1H3. The monoisotopic (exact) mass is 304 g/mol. The molecule has 0 amide bonds. The summed E-state index contributed by atoms with van der Waals surface area (Å²) in [6, 6.07) is 9.41. The molecule has 118 valence electrons. The van der Waals surface area contributed by atoms with Crippen molar-refractivity contribution in [1.82, 2.24) is 0 Å². The number of methoxy groups -OCH3 is 1. The number of aliphatic hydroxyl groups excluding tert-OH is 1. The Balaban J connectivity index is 2.22. The number of carbonyl (C=O) groups excluding carboxylic acids is 2. The number of esters is 1. The van der Waals surface area contributed by atoms with Crippen LogP contribution in [0.15, 0.2) is 54.6 Å². The highest BCUT2D eigenvalue weighted by Gasteiger charge is 2.12. The summed E-state index contributed by atoms with van der Waals surface area (Å²) in [7, 11) is 1.22. The van der Waals surface area contributed by atoms with Crippen molar-refractivity contribution in [3.8, 4) is 5.75 Å². The first kappa shape index (κ1) is 17.7. The second-order valence-corrected chi connectivity index (χ2v) is 4.50. The van der Waals surface area contributed by atoms with Crippen molar-refractivity contribution >= 4 is 11.8 Å². The third-order valence-electron chi connectivity index (χ3n) is 2.68. The van der Waals surface area contributed by atoms with E-state index in [4.69, 9.17) is 4.74 Å². The van der Waals surface area contributed by atoms with Gasteiger partial charge in [0.15, 0.2) is 0 Å². The molecule has 0 saturated heterocycles. The number of hydrogen-bond acceptors (Lipinski definition) is 5. The van der Waals surface area contributed by atoms with Gasteiger partial charge in [-0.15, -0.1) is 0 Å². The lowest BCUT2D eigenvalue weighted by Gasteiger charge is -2.03. The first-order valence-corrected chi connectivity index (χ1v) is 6.89. The first-order chi connectivity index (χ1) is 10.6. The average Bonchev–Trinajstić information content (AvgIpc) is 2.51. The Morgan fingerprint density at radius 3 is 2.64 bits per heavy atom. The Morgan fingerprint density at radius 2 is 1.95 bits per heavy atom. The van der Waals surface area contributed by atoms with Crippen LogP contribution in [0.1, 0.15) is 12.8 Å². The maximum atomic E-state index is 11.4. The van der Waals surface area contributed by atoms with Gasteiger partial charge in [0.05, 0.1) is 13.2 Å². The quantitative estimate of drug-likeness (QED) is 0.429. The van der Waals surface area contributed by atoms with Gasteiger partial charge in [0.2, 0.25) is 0 Å². The largest absolute Gasteiger partial charge is 0.490 e. The van der Waals surface area contributed by atoms with Crippen molar-refractivity contribution in [3.63, 3.8) is 0 Å². The molecule has 0 aliphatic carbocycles. The number of Topliss-reactive ketones (excluding diaryl/α,β-unsaturated/α-hetero) is 1. The Morgan fingerprint density at radius 1 is 1.23 bits per heavy atom. The molecule has 1 N–H and O–H groups in total. The molecular weight excluding hydrogens is 284 g/mol. The van der Waals surface area contributed by atoms with E-state index >= 15 is 0 Å². The third kappa shape index (κ3) is 8.01. The maximum absolute atomic E-state index is 11.4. The summed E-state index contributed by atoms with van der Waals surface area (Å²) in [5, 5.41) is 9.61. The first-order valence-electron chi connectivity index (χ1n) is 6.89. The van der Waals surface area contributed by atoms with Gasteiger partial charge >= 0.3 is 5.97 Å². The van der Waals surface area contributed by atoms with Crippen LogP contribution in [0.5, 0.6) is 5.75 Å². The lowest BCUT2D eigenvalue weighted by Crippen LogP contribution is -2.15. The molecule has 0 heterocycles. The minimum absolute atomic E-state index is 0.111. The number of ketones is 1. The topological polar surface area (TPSA) is 72.8 Å². The molecule has 1 aromatic rings. The van der Waals surface area contributed by atoms with Crippen molar-refractivity contribution in [2.45, 2.75) is 18.9 Å². The van der Waals surface area contributed by atoms with E-state index in [1.165, 1.54) is 13.2 Å². The fourth-order valence-electron chi connectivity index (χ4n) is 1.59. The third-order valence-corrected chi connectivity index (χ3v) is 2.68. The molecule has 0 aromatic heterocycles. The summed E-state index contributed by atoms with van der Waals surface area (Å²) >= 11 is 0. The van der Waals surface area contributed by atoms with Crippen LogP contribution in [0, 0.1) is 0 Å². The fourth-order valence-corrected chi connectivity index (χ4v) is 1.59. The van der Waals surface area contributed by atoms with Crippen LogP contribution in [0.3, 0.4) is 0 Å². The van der Waals surface area contributed by atoms with Crippen molar-refractivity contribution < 1.29 is 24.2 Å². The molecule has 0 spiro atoms. The molecule has 1 rings (SSSR count). The number of carbonyl (C=O) groups is 2. The van der Waals surface area contributed by atoms with Crippen molar-refractivity contribution in [1.29, 1.82) is 0 Å². The van der Waals surface area contributed by atoms with E-state index in [1.54, 1.807) is 18.2 Å². The normalized spacial score (nSPS) is 12.5. The van der Waals surface area contributed by atoms with Crippen molar-refractivity contribution in [2.24, 2.45) is 0 Å². The van der Waals surface area contributed by atoms with E-state index in [0.717, 1.165) is 5.75 Å². The summed E-state index contributed by atoms with van der Waals surface area (Å²) < 4.78 is 9.82. The SMILES string of the molecule is COC(=O)CC(=O)CC(O)C=CC=CCOc1ccccc1. The van der Waals surface area contributed by atoms with Gasteiger partial charge in [-0.1, -0.05) is 36.4 Å². The number of rotatable bonds is 9. The van der Waals surface area contributed by atoms with Crippen LogP contribution in [0.4, 0.5) is 0 Å². The second-order valence-electron chi connectivity index (χ2n) is 4.50. The Bertz CT molecular complexity index is 519. The van der Waals surface area contributed by atoms with Gasteiger partial charge in [-0.05, 0) is 18.2 Å². The van der Waals surface area contributed by atoms with Gasteiger partial charge in [0.25, 0.3) is 0 Å². The van der Waals surface area contributed by atoms with Gasteiger partial charge in [0, 0.05) is 6.42 Å². The molecule has 1 unspecified atom stereocenters. The molecule has 5 heteroatoms. The number of ether oxygens (including phenoxy) is 2. The van der Waals surface area contributed by atoms with Gasteiger partial charge in [-0.3, -0.25) is 9.59 Å². The van der Waals surface area contributed by atoms with Gasteiger partial charge in [-0.25, -0.2) is 0 Å². The van der Waals surface area contributed by atoms with Crippen molar-refractivity contribution in [3.05, 3.63) is 54.6 Å². The molecule has 0 radical (unpaired) electrons. The zero-order chi connectivity index (χ0) is 16.2. The summed E-state index contributed by atoms with van der Waals surface area (Å²) in [6.45, 7) is 0.408. The molecule has 0 bridgehead atoms. The Labute approximate surface area is 129 Å². The molecule has 22 heavy (non-hydrogen) atoms. The predicted octanol–water partition coefficient (Wildman–Crippen LogP) is 2.06. The second kappa shape index (κ2) is 10.3. The molecule has 1 atom stereocenters. The zero-order valence-electron chi connectivity index (χ0n) is 12.5. The molecule has 0 aliphatic heterocycles. The number of hydrogen-bond donors (Lipinski definition) is 1. The van der Waals surface area contributed by atoms with Gasteiger partial charge in [-0.2, -0.15) is 0 Å². The lowest BCUT2D eigenvalue weighted by atomic mass is 10.1. The highest BCUT2D eigenvalue weighted by atomic mass is 16.5. The molecule has 5 nitrogen and oxygen atoms in total. The van der Waals surface area contributed by atoms with Crippen LogP contribution < -0.4 is 4.74 Å². The molecule has 0 aliphatic rings. The van der Waals surface area contributed by atoms with E-state index in [-0.39, 0.29) is 18.6 Å². The van der Waals surface area contributed by atoms with Crippen LogP contribution in [-0.2, 0) is 14.3 Å². The smallest absolute Gasteiger partial charge is 0.313 e. The molecule has 0 fully saturated rings. The zero-order valence-corrected chi connectivity index (χ0v) is 12.5. The summed E-state index contributed by atoms with van der Waals surface area (Å²) in [4.78, 5) is 22.3. The molecular formula is C17H20O5. The summed E-state index contributed by atoms with van der Waals surface area (Å²) in [6.07, 6.45) is 5.27. The number of allylic oxidation sites excluding steroid dienone is 2. The minimum Gasteiger partial charge on any atom is -0.490 e. The summed E-state index contributed by atoms with van der Waals surface area (Å²) in [5.74, 6) is -0.177. The maximum Gasteiger partial charge on any atom is 0.313 e. The summed E-state index contributed by atoms with van der Waals surface area (Å²) in [5.41, 5.74) is 0. The number of para-hydroxylation sites is 1. The Hall–Kier alpha value is -2.40. The van der Waals surface area contributed by atoms with E-state index in [2.05, 4.69) is 4.74 Å².